The van der Waals surface area contributed by atoms with Gasteiger partial charge in [0, 0.05) is 34.8 Å². The number of hydrogen-bond donors (Lipinski definition) is 0. The maximum absolute atomic E-state index is 13.2. The molecular formula is C21H24FN3OS. The Morgan fingerprint density at radius 2 is 2.04 bits per heavy atom. The van der Waals surface area contributed by atoms with Crippen molar-refractivity contribution in [3.05, 3.63) is 62.8 Å². The molecule has 1 aromatic carbocycles. The molecule has 4 rings (SSSR count). The Morgan fingerprint density at radius 3 is 2.67 bits per heavy atom. The number of anilines is 1. The van der Waals surface area contributed by atoms with Crippen LogP contribution >= 0.6 is 11.3 Å². The van der Waals surface area contributed by atoms with Gasteiger partial charge >= 0.3 is 0 Å². The fourth-order valence-corrected chi connectivity index (χ4v) is 4.98. The van der Waals surface area contributed by atoms with E-state index in [-0.39, 0.29) is 11.4 Å². The Hall–Kier alpha value is -2.21. The molecule has 3 aromatic rings. The van der Waals surface area contributed by atoms with Gasteiger partial charge in [-0.2, -0.15) is 0 Å². The number of nitrogens with zero attached hydrogens (tertiary/aromatic N) is 3. The van der Waals surface area contributed by atoms with Gasteiger partial charge in [-0.05, 0) is 50.5 Å². The molecule has 0 amide bonds. The van der Waals surface area contributed by atoms with Crippen molar-refractivity contribution in [3.63, 3.8) is 0 Å². The Morgan fingerprint density at radius 1 is 1.30 bits per heavy atom. The van der Waals surface area contributed by atoms with Crippen LogP contribution in [0, 0.1) is 18.7 Å². The van der Waals surface area contributed by atoms with E-state index in [9.17, 15) is 9.18 Å². The van der Waals surface area contributed by atoms with Crippen LogP contribution in [0.2, 0.25) is 0 Å². The molecule has 2 atom stereocenters. The van der Waals surface area contributed by atoms with Crippen LogP contribution in [0.1, 0.15) is 48.9 Å². The maximum atomic E-state index is 13.2. The summed E-state index contributed by atoms with van der Waals surface area (Å²) in [5.74, 6) is 0.947. The van der Waals surface area contributed by atoms with Crippen LogP contribution in [0.5, 0.6) is 0 Å². The minimum absolute atomic E-state index is 0.00580. The normalized spacial score (nSPS) is 18.8. The minimum Gasteiger partial charge on any atom is -0.366 e. The van der Waals surface area contributed by atoms with Gasteiger partial charge in [0.15, 0.2) is 4.96 Å². The van der Waals surface area contributed by atoms with Gasteiger partial charge in [-0.1, -0.05) is 13.3 Å². The highest BCUT2D eigenvalue weighted by Crippen LogP contribution is 2.51. The molecule has 0 bridgehead atoms. The number of rotatable bonds is 6. The average Bonchev–Trinajstić information content (AvgIpc) is 3.35. The third kappa shape index (κ3) is 3.38. The summed E-state index contributed by atoms with van der Waals surface area (Å²) in [7, 11) is 0. The topological polar surface area (TPSA) is 37.6 Å². The molecule has 4 nitrogen and oxygen atoms in total. The summed E-state index contributed by atoms with van der Waals surface area (Å²) in [6, 6.07) is 8.08. The zero-order valence-electron chi connectivity index (χ0n) is 15.9. The van der Waals surface area contributed by atoms with Gasteiger partial charge in [0.05, 0.1) is 12.2 Å². The lowest BCUT2D eigenvalue weighted by atomic mass is 10.2. The molecule has 0 radical (unpaired) electrons. The standard InChI is InChI=1S/C21H24FN3OS/c1-4-14-10-18(14)20-13(3)27-21-23-16(11-19(26)25(20)21)12-24(5-2)17-8-6-15(22)7-9-17/h6-9,11,14,18H,4-5,10,12H2,1-3H3. The summed E-state index contributed by atoms with van der Waals surface area (Å²) in [5, 5.41) is 0. The lowest BCUT2D eigenvalue weighted by molar-refractivity contribution is 0.627. The van der Waals surface area contributed by atoms with Crippen molar-refractivity contribution in [3.8, 4) is 0 Å². The van der Waals surface area contributed by atoms with E-state index in [1.165, 1.54) is 23.4 Å². The van der Waals surface area contributed by atoms with E-state index in [1.807, 2.05) is 11.3 Å². The van der Waals surface area contributed by atoms with Crippen molar-refractivity contribution in [1.29, 1.82) is 0 Å². The van der Waals surface area contributed by atoms with Crippen molar-refractivity contribution in [1.82, 2.24) is 9.38 Å². The van der Waals surface area contributed by atoms with Crippen molar-refractivity contribution < 1.29 is 4.39 Å². The highest BCUT2D eigenvalue weighted by molar-refractivity contribution is 7.17. The lowest BCUT2D eigenvalue weighted by Crippen LogP contribution is -2.25. The molecule has 1 fully saturated rings. The van der Waals surface area contributed by atoms with E-state index in [1.54, 1.807) is 29.5 Å². The molecule has 0 aliphatic heterocycles. The van der Waals surface area contributed by atoms with E-state index in [2.05, 4.69) is 18.7 Å². The highest BCUT2D eigenvalue weighted by atomic mass is 32.1. The van der Waals surface area contributed by atoms with Crippen molar-refractivity contribution in [2.24, 2.45) is 5.92 Å². The Bertz CT molecular complexity index is 1020. The van der Waals surface area contributed by atoms with Gasteiger partial charge in [0.2, 0.25) is 0 Å². The Balaban J connectivity index is 1.67. The largest absolute Gasteiger partial charge is 0.366 e. The van der Waals surface area contributed by atoms with E-state index >= 15 is 0 Å². The third-order valence-corrected chi connectivity index (χ3v) is 6.48. The summed E-state index contributed by atoms with van der Waals surface area (Å²) >= 11 is 1.60. The van der Waals surface area contributed by atoms with Crippen LogP contribution < -0.4 is 10.5 Å². The van der Waals surface area contributed by atoms with E-state index in [4.69, 9.17) is 4.98 Å². The molecule has 2 aromatic heterocycles. The minimum atomic E-state index is -0.250. The number of hydrogen-bond acceptors (Lipinski definition) is 4. The number of benzene rings is 1. The summed E-state index contributed by atoms with van der Waals surface area (Å²) in [4.78, 5) is 21.7. The predicted octanol–water partition coefficient (Wildman–Crippen LogP) is 4.74. The van der Waals surface area contributed by atoms with Gasteiger partial charge in [0.25, 0.3) is 5.56 Å². The number of aromatic nitrogens is 2. The van der Waals surface area contributed by atoms with E-state index in [0.29, 0.717) is 18.4 Å². The molecule has 1 saturated carbocycles. The van der Waals surface area contributed by atoms with Crippen LogP contribution in [0.4, 0.5) is 10.1 Å². The predicted molar refractivity (Wildman–Crippen MR) is 108 cm³/mol. The maximum Gasteiger partial charge on any atom is 0.259 e. The molecule has 142 valence electrons. The van der Waals surface area contributed by atoms with Crippen molar-refractivity contribution in [2.45, 2.75) is 46.1 Å². The first-order valence-electron chi connectivity index (χ1n) is 9.54. The molecule has 2 unspecified atom stereocenters. The molecule has 2 heterocycles. The van der Waals surface area contributed by atoms with Gasteiger partial charge in [-0.15, -0.1) is 11.3 Å². The number of aryl methyl sites for hydroxylation is 1. The van der Waals surface area contributed by atoms with Crippen LogP contribution in [-0.4, -0.2) is 15.9 Å². The second kappa shape index (κ2) is 7.08. The van der Waals surface area contributed by atoms with Gasteiger partial charge in [0.1, 0.15) is 5.82 Å². The Kier molecular flexibility index (Phi) is 4.76. The molecule has 0 saturated heterocycles. The third-order valence-electron chi connectivity index (χ3n) is 5.51. The van der Waals surface area contributed by atoms with Crippen LogP contribution in [0.3, 0.4) is 0 Å². The summed E-state index contributed by atoms with van der Waals surface area (Å²) in [5.41, 5.74) is 2.84. The zero-order valence-corrected chi connectivity index (χ0v) is 16.7. The molecular weight excluding hydrogens is 361 g/mol. The van der Waals surface area contributed by atoms with Crippen LogP contribution in [0.25, 0.3) is 4.96 Å². The van der Waals surface area contributed by atoms with Crippen LogP contribution in [0.15, 0.2) is 35.1 Å². The zero-order chi connectivity index (χ0) is 19.1. The van der Waals surface area contributed by atoms with Gasteiger partial charge in [-0.25, -0.2) is 9.37 Å². The first-order valence-corrected chi connectivity index (χ1v) is 10.4. The Labute approximate surface area is 162 Å². The lowest BCUT2D eigenvalue weighted by Gasteiger charge is -2.22. The SMILES string of the molecule is CCC1CC1c1c(C)sc2nc(CN(CC)c3ccc(F)cc3)cc(=O)n12. The number of thiazole rings is 1. The second-order valence-corrected chi connectivity index (χ2v) is 8.43. The summed E-state index contributed by atoms with van der Waals surface area (Å²) in [6.07, 6.45) is 2.33. The molecule has 0 spiro atoms. The molecule has 6 heteroatoms. The fourth-order valence-electron chi connectivity index (χ4n) is 3.92. The van der Waals surface area contributed by atoms with Crippen LogP contribution in [-0.2, 0) is 6.54 Å². The monoisotopic (exact) mass is 385 g/mol. The molecule has 0 N–H and O–H groups in total. The molecule has 1 aliphatic carbocycles. The first kappa shape index (κ1) is 18.2. The summed E-state index contributed by atoms with van der Waals surface area (Å²) < 4.78 is 15.0. The fraction of sp³-hybridized carbons (Fsp3) is 0.429. The van der Waals surface area contributed by atoms with Gasteiger partial charge < -0.3 is 4.90 Å². The highest BCUT2D eigenvalue weighted by Gasteiger charge is 2.40. The van der Waals surface area contributed by atoms with Crippen molar-refractivity contribution in [2.75, 3.05) is 11.4 Å². The molecule has 27 heavy (non-hydrogen) atoms. The quantitative estimate of drug-likeness (QED) is 0.615. The second-order valence-electron chi connectivity index (χ2n) is 7.25. The van der Waals surface area contributed by atoms with Gasteiger partial charge in [-0.3, -0.25) is 9.20 Å². The van der Waals surface area contributed by atoms with E-state index < -0.39 is 0 Å². The first-order chi connectivity index (χ1) is 13.0. The summed E-state index contributed by atoms with van der Waals surface area (Å²) in [6.45, 7) is 7.63. The number of fused-ring (bicyclic) bond motifs is 1. The number of halogens is 1. The van der Waals surface area contributed by atoms with Crippen molar-refractivity contribution >= 4 is 22.0 Å². The van der Waals surface area contributed by atoms with E-state index in [0.717, 1.165) is 35.0 Å². The smallest absolute Gasteiger partial charge is 0.259 e. The average molecular weight is 386 g/mol. The molecule has 1 aliphatic rings.